The van der Waals surface area contributed by atoms with Crippen molar-refractivity contribution in [3.63, 3.8) is 0 Å². The Hall–Kier alpha value is -3.53. The van der Waals surface area contributed by atoms with Crippen LogP contribution < -0.4 is 34.9 Å². The van der Waals surface area contributed by atoms with Gasteiger partial charge in [0.15, 0.2) is 0 Å². The SMILES string of the molecule is CC(C)n1c(/C=C/[C@H](O)C[C@@H](O)CC(=O)O)c(-c2ccc(F)cc2)c(-c2ccccc2)c1C(=O)Nc1ccccc1.[H-].[Na+]. The molecule has 0 aliphatic rings. The molecule has 0 spiro atoms. The first-order chi connectivity index (χ1) is 19.7. The number of aliphatic carboxylic acids is 1. The molecule has 0 fully saturated rings. The van der Waals surface area contributed by atoms with E-state index in [0.29, 0.717) is 33.8 Å². The number of nitrogens with one attached hydrogen (secondary N) is 1. The molecule has 0 saturated heterocycles. The van der Waals surface area contributed by atoms with Gasteiger partial charge in [-0.1, -0.05) is 66.7 Å². The van der Waals surface area contributed by atoms with Gasteiger partial charge in [-0.3, -0.25) is 9.59 Å². The summed E-state index contributed by atoms with van der Waals surface area (Å²) in [4.78, 5) is 25.0. The molecule has 0 unspecified atom stereocenters. The molecule has 4 N–H and O–H groups in total. The van der Waals surface area contributed by atoms with Gasteiger partial charge in [-0.2, -0.15) is 0 Å². The van der Waals surface area contributed by atoms with Crippen LogP contribution in [0.15, 0.2) is 91.0 Å². The molecule has 0 radical (unpaired) electrons. The van der Waals surface area contributed by atoms with Gasteiger partial charge in [-0.05, 0) is 55.3 Å². The number of amides is 1. The number of nitrogens with zero attached hydrogens (tertiary/aromatic N) is 1. The average molecular weight is 581 g/mol. The Morgan fingerprint density at radius 1 is 0.905 bits per heavy atom. The van der Waals surface area contributed by atoms with Crippen LogP contribution in [-0.2, 0) is 4.79 Å². The molecule has 1 aromatic heterocycles. The maximum atomic E-state index is 14.0. The predicted molar refractivity (Wildman–Crippen MR) is 159 cm³/mol. The van der Waals surface area contributed by atoms with Gasteiger partial charge < -0.3 is 26.6 Å². The Morgan fingerprint density at radius 2 is 1.48 bits per heavy atom. The molecule has 7 nitrogen and oxygen atoms in total. The molecule has 42 heavy (non-hydrogen) atoms. The van der Waals surface area contributed by atoms with E-state index in [4.69, 9.17) is 5.11 Å². The maximum absolute atomic E-state index is 14.0. The third kappa shape index (κ3) is 8.06. The van der Waals surface area contributed by atoms with Gasteiger partial charge in [0.2, 0.25) is 0 Å². The second-order valence-electron chi connectivity index (χ2n) is 10.1. The molecule has 2 atom stereocenters. The summed E-state index contributed by atoms with van der Waals surface area (Å²) in [5, 5.41) is 32.6. The van der Waals surface area contributed by atoms with Gasteiger partial charge in [0, 0.05) is 35.0 Å². The molecule has 0 aliphatic heterocycles. The van der Waals surface area contributed by atoms with Crippen molar-refractivity contribution >= 4 is 23.6 Å². The van der Waals surface area contributed by atoms with Crippen molar-refractivity contribution < 1.29 is 60.3 Å². The Labute approximate surface area is 268 Å². The largest absolute Gasteiger partial charge is 1.00 e. The van der Waals surface area contributed by atoms with Crippen molar-refractivity contribution in [2.24, 2.45) is 0 Å². The number of carbonyl (C=O) groups is 2. The van der Waals surface area contributed by atoms with Crippen molar-refractivity contribution in [1.29, 1.82) is 0 Å². The number of anilines is 1. The number of aliphatic hydroxyl groups is 2. The molecule has 0 aliphatic carbocycles. The van der Waals surface area contributed by atoms with Crippen molar-refractivity contribution in [3.8, 4) is 22.3 Å². The van der Waals surface area contributed by atoms with Crippen LogP contribution >= 0.6 is 0 Å². The summed E-state index contributed by atoms with van der Waals surface area (Å²) in [7, 11) is 0. The Balaban J connectivity index is 0.00000323. The zero-order valence-corrected chi connectivity index (χ0v) is 25.9. The fourth-order valence-corrected chi connectivity index (χ4v) is 4.88. The van der Waals surface area contributed by atoms with Gasteiger partial charge in [-0.15, -0.1) is 0 Å². The Kier molecular flexibility index (Phi) is 11.8. The summed E-state index contributed by atoms with van der Waals surface area (Å²) in [6.07, 6.45) is 0.0955. The molecule has 4 aromatic rings. The molecule has 9 heteroatoms. The fraction of sp³-hybridized carbons (Fsp3) is 0.212. The van der Waals surface area contributed by atoms with Crippen LogP contribution in [0.4, 0.5) is 10.1 Å². The van der Waals surface area contributed by atoms with Crippen molar-refractivity contribution in [1.82, 2.24) is 4.57 Å². The number of rotatable bonds is 11. The van der Waals surface area contributed by atoms with E-state index in [1.165, 1.54) is 18.2 Å². The van der Waals surface area contributed by atoms with Gasteiger partial charge >= 0.3 is 35.5 Å². The van der Waals surface area contributed by atoms with E-state index >= 15 is 0 Å². The van der Waals surface area contributed by atoms with E-state index in [0.717, 1.165) is 5.56 Å². The first kappa shape index (κ1) is 33.0. The minimum Gasteiger partial charge on any atom is -1.00 e. The molecule has 4 rings (SSSR count). The number of benzene rings is 3. The predicted octanol–water partition coefficient (Wildman–Crippen LogP) is 3.51. The molecule has 1 heterocycles. The first-order valence-electron chi connectivity index (χ1n) is 13.4. The smallest absolute Gasteiger partial charge is 1.00 e. The third-order valence-corrected chi connectivity index (χ3v) is 6.60. The second-order valence-corrected chi connectivity index (χ2v) is 10.1. The van der Waals surface area contributed by atoms with Gasteiger partial charge in [0.1, 0.15) is 11.5 Å². The topological polar surface area (TPSA) is 112 Å². The number of aromatic nitrogens is 1. The van der Waals surface area contributed by atoms with E-state index in [1.807, 2.05) is 66.9 Å². The van der Waals surface area contributed by atoms with Crippen LogP contribution in [-0.4, -0.2) is 44.0 Å². The maximum Gasteiger partial charge on any atom is 1.00 e. The van der Waals surface area contributed by atoms with E-state index in [9.17, 15) is 24.2 Å². The summed E-state index contributed by atoms with van der Waals surface area (Å²) in [5.74, 6) is -1.91. The van der Waals surface area contributed by atoms with E-state index in [2.05, 4.69) is 5.32 Å². The summed E-state index contributed by atoms with van der Waals surface area (Å²) in [5.41, 5.74) is 4.34. The Bertz CT molecular complexity index is 1530. The second kappa shape index (κ2) is 15.1. The molecular weight excluding hydrogens is 546 g/mol. The molecule has 214 valence electrons. The summed E-state index contributed by atoms with van der Waals surface area (Å²) in [6.45, 7) is 3.87. The summed E-state index contributed by atoms with van der Waals surface area (Å²) >= 11 is 0. The average Bonchev–Trinajstić information content (AvgIpc) is 3.28. The number of carboxylic acid groups (broad SMARTS) is 1. The van der Waals surface area contributed by atoms with Gasteiger partial charge in [0.25, 0.3) is 5.91 Å². The normalized spacial score (nSPS) is 12.6. The number of hydrogen-bond donors (Lipinski definition) is 4. The van der Waals surface area contributed by atoms with E-state index in [1.54, 1.807) is 30.3 Å². The summed E-state index contributed by atoms with van der Waals surface area (Å²) < 4.78 is 15.9. The number of aliphatic hydroxyl groups excluding tert-OH is 2. The number of carbonyl (C=O) groups excluding carboxylic acids is 1. The van der Waals surface area contributed by atoms with E-state index < -0.39 is 30.4 Å². The summed E-state index contributed by atoms with van der Waals surface area (Å²) in [6, 6.07) is 24.3. The zero-order chi connectivity index (χ0) is 29.5. The molecular formula is C33H34FN2NaO5. The molecule has 3 aromatic carbocycles. The minimum atomic E-state index is -1.23. The van der Waals surface area contributed by atoms with E-state index in [-0.39, 0.29) is 49.4 Å². The van der Waals surface area contributed by atoms with Crippen LogP contribution in [0.1, 0.15) is 50.3 Å². The molecule has 0 saturated carbocycles. The van der Waals surface area contributed by atoms with Crippen LogP contribution in [0.3, 0.4) is 0 Å². The number of halogens is 1. The van der Waals surface area contributed by atoms with Crippen molar-refractivity contribution in [3.05, 3.63) is 108 Å². The van der Waals surface area contributed by atoms with Crippen LogP contribution in [0.5, 0.6) is 0 Å². The zero-order valence-electron chi connectivity index (χ0n) is 24.9. The van der Waals surface area contributed by atoms with Crippen molar-refractivity contribution in [2.45, 2.75) is 44.9 Å². The van der Waals surface area contributed by atoms with Crippen LogP contribution in [0.25, 0.3) is 28.3 Å². The Morgan fingerprint density at radius 3 is 2.05 bits per heavy atom. The van der Waals surface area contributed by atoms with Crippen molar-refractivity contribution in [2.75, 3.05) is 5.32 Å². The molecule has 0 bridgehead atoms. The third-order valence-electron chi connectivity index (χ3n) is 6.60. The van der Waals surface area contributed by atoms with Gasteiger partial charge in [-0.25, -0.2) is 4.39 Å². The quantitative estimate of drug-likeness (QED) is 0.203. The molecule has 1 amide bonds. The first-order valence-corrected chi connectivity index (χ1v) is 13.4. The number of para-hydroxylation sites is 1. The van der Waals surface area contributed by atoms with Crippen LogP contribution in [0.2, 0.25) is 0 Å². The number of hydrogen-bond acceptors (Lipinski definition) is 4. The van der Waals surface area contributed by atoms with Gasteiger partial charge in [0.05, 0.1) is 18.6 Å². The monoisotopic (exact) mass is 580 g/mol. The minimum absolute atomic E-state index is 0. The fourth-order valence-electron chi connectivity index (χ4n) is 4.88. The van der Waals surface area contributed by atoms with Crippen LogP contribution in [0, 0.1) is 5.82 Å². The standard InChI is InChI=1S/C33H33FN2O5.Na.H/c1-21(2)36-28(18-17-26(37)19-27(38)20-29(39)40)30(23-13-15-24(34)16-14-23)31(22-9-5-3-6-10-22)32(36)33(41)35-25-11-7-4-8-12-25;;/h3-18,21,26-27,37-38H,19-20H2,1-2H3,(H,35,41)(H,39,40);;/q;+1;-1/b18-17+;;/t26-,27+;;/m0../s1. The number of carboxylic acids is 1.